The molecule has 2 atom stereocenters. The second kappa shape index (κ2) is 4.70. The highest BCUT2D eigenvalue weighted by Crippen LogP contribution is 2.41. The van der Waals surface area contributed by atoms with Crippen LogP contribution in [0.5, 0.6) is 0 Å². The number of hydrogen-bond acceptors (Lipinski definition) is 2. The molecule has 3 heteroatoms. The maximum absolute atomic E-state index is 12.1. The van der Waals surface area contributed by atoms with Gasteiger partial charge in [0.25, 0.3) is 0 Å². The van der Waals surface area contributed by atoms with Gasteiger partial charge in [0.15, 0.2) is 5.78 Å². The molecular formula is C15H16NOP. The van der Waals surface area contributed by atoms with Crippen LogP contribution in [0, 0.1) is 5.92 Å². The predicted octanol–water partition coefficient (Wildman–Crippen LogP) is 3.88. The average Bonchev–Trinajstić information content (AvgIpc) is 2.79. The zero-order valence-corrected chi connectivity index (χ0v) is 11.4. The average molecular weight is 257 g/mol. The topological polar surface area (TPSA) is 30.0 Å². The van der Waals surface area contributed by atoms with Crippen molar-refractivity contribution >= 4 is 13.5 Å². The lowest BCUT2D eigenvalue weighted by atomic mass is 9.89. The Labute approximate surface area is 108 Å². The Morgan fingerprint density at radius 2 is 2.11 bits per heavy atom. The van der Waals surface area contributed by atoms with E-state index in [4.69, 9.17) is 0 Å². The third-order valence-electron chi connectivity index (χ3n) is 3.65. The molecule has 3 rings (SSSR count). The van der Waals surface area contributed by atoms with Crippen LogP contribution in [0.15, 0.2) is 36.5 Å². The molecule has 0 fully saturated rings. The summed E-state index contributed by atoms with van der Waals surface area (Å²) in [6.07, 6.45) is 4.87. The Morgan fingerprint density at radius 1 is 1.33 bits per heavy atom. The highest BCUT2D eigenvalue weighted by atomic mass is 31.1. The number of carbonyl (C=O) groups is 1. The fraction of sp³-hybridized carbons (Fsp3) is 0.333. The van der Waals surface area contributed by atoms with Gasteiger partial charge in [-0.2, -0.15) is 0 Å². The number of ketones is 1. The number of Topliss-reactive ketones (excluding diaryl/α,β-unsaturated/α-hetero) is 1. The molecule has 0 aliphatic heterocycles. The van der Waals surface area contributed by atoms with Crippen LogP contribution in [0.2, 0.25) is 0 Å². The maximum atomic E-state index is 12.1. The second-order valence-corrected chi connectivity index (χ2v) is 6.84. The molecule has 1 aliphatic carbocycles. The van der Waals surface area contributed by atoms with Gasteiger partial charge >= 0.3 is 0 Å². The monoisotopic (exact) mass is 257 g/mol. The lowest BCUT2D eigenvalue weighted by Crippen LogP contribution is -2.18. The summed E-state index contributed by atoms with van der Waals surface area (Å²) in [5.74, 6) is 0.486. The van der Waals surface area contributed by atoms with Crippen LogP contribution in [0.4, 0.5) is 0 Å². The van der Waals surface area contributed by atoms with E-state index in [1.807, 2.05) is 19.2 Å². The van der Waals surface area contributed by atoms with Gasteiger partial charge in [-0.25, -0.2) is 4.75 Å². The molecule has 2 nitrogen and oxygen atoms in total. The summed E-state index contributed by atoms with van der Waals surface area (Å²) in [5.41, 5.74) is 2.25. The number of carbonyl (C=O) groups excluding carboxylic acids is 1. The van der Waals surface area contributed by atoms with Crippen LogP contribution in [-0.4, -0.2) is 10.5 Å². The van der Waals surface area contributed by atoms with Gasteiger partial charge in [0.1, 0.15) is 0 Å². The van der Waals surface area contributed by atoms with Gasteiger partial charge in [-0.1, -0.05) is 37.3 Å². The van der Waals surface area contributed by atoms with Crippen molar-refractivity contribution in [2.75, 3.05) is 0 Å². The summed E-state index contributed by atoms with van der Waals surface area (Å²) >= 11 is 0. The second-order valence-electron chi connectivity index (χ2n) is 4.95. The molecule has 0 saturated carbocycles. The number of rotatable bonds is 2. The Balaban J connectivity index is 1.92. The van der Waals surface area contributed by atoms with E-state index in [9.17, 15) is 4.79 Å². The van der Waals surface area contributed by atoms with Crippen molar-refractivity contribution in [2.45, 2.75) is 25.9 Å². The van der Waals surface area contributed by atoms with E-state index in [2.05, 4.69) is 29.0 Å². The Morgan fingerprint density at radius 3 is 2.89 bits per heavy atom. The Hall–Kier alpha value is -1.40. The smallest absolute Gasteiger partial charge is 0.167 e. The molecule has 18 heavy (non-hydrogen) atoms. The molecule has 0 saturated heterocycles. The van der Waals surface area contributed by atoms with Crippen LogP contribution in [0.1, 0.15) is 34.6 Å². The lowest BCUT2D eigenvalue weighted by molar-refractivity contribution is 0.0915. The van der Waals surface area contributed by atoms with Gasteiger partial charge in [0.2, 0.25) is 0 Å². The van der Waals surface area contributed by atoms with Crippen molar-refractivity contribution in [1.82, 2.24) is 4.75 Å². The molecule has 0 bridgehead atoms. The molecule has 1 aliphatic rings. The first-order valence-corrected chi connectivity index (χ1v) is 7.86. The summed E-state index contributed by atoms with van der Waals surface area (Å²) in [6.45, 7) is 2.03. The molecule has 2 aromatic rings. The molecule has 2 unspecified atom stereocenters. The largest absolute Gasteiger partial charge is 0.294 e. The summed E-state index contributed by atoms with van der Waals surface area (Å²) in [6, 6.07) is 10.4. The van der Waals surface area contributed by atoms with Gasteiger partial charge in [-0.3, -0.25) is 4.79 Å². The van der Waals surface area contributed by atoms with Crippen molar-refractivity contribution in [3.8, 4) is 0 Å². The van der Waals surface area contributed by atoms with Crippen LogP contribution in [-0.2, 0) is 12.6 Å². The van der Waals surface area contributed by atoms with Crippen LogP contribution >= 0.6 is 7.69 Å². The van der Waals surface area contributed by atoms with Gasteiger partial charge in [-0.15, -0.1) is 0 Å². The van der Waals surface area contributed by atoms with Crippen LogP contribution < -0.4 is 0 Å². The summed E-state index contributed by atoms with van der Waals surface area (Å²) in [5, 5.41) is 1.33. The van der Waals surface area contributed by atoms with Crippen molar-refractivity contribution < 1.29 is 4.79 Å². The van der Waals surface area contributed by atoms with E-state index in [0.717, 1.165) is 24.6 Å². The quantitative estimate of drug-likeness (QED) is 0.817. The van der Waals surface area contributed by atoms with E-state index in [1.165, 1.54) is 10.9 Å². The van der Waals surface area contributed by atoms with Crippen molar-refractivity contribution in [1.29, 1.82) is 0 Å². The first-order valence-electron chi connectivity index (χ1n) is 6.38. The molecule has 0 radical (unpaired) electrons. The van der Waals surface area contributed by atoms with Crippen molar-refractivity contribution in [3.63, 3.8) is 0 Å². The molecule has 0 spiro atoms. The zero-order chi connectivity index (χ0) is 12.5. The Kier molecular flexibility index (Phi) is 3.05. The van der Waals surface area contributed by atoms with Gasteiger partial charge in [0.05, 0.1) is 0 Å². The lowest BCUT2D eigenvalue weighted by Gasteiger charge is -2.17. The highest BCUT2D eigenvalue weighted by molar-refractivity contribution is 7.46. The fourth-order valence-electron chi connectivity index (χ4n) is 2.52. The molecule has 1 aromatic heterocycles. The van der Waals surface area contributed by atoms with Gasteiger partial charge < -0.3 is 0 Å². The molecule has 1 heterocycles. The highest BCUT2D eigenvalue weighted by Gasteiger charge is 2.27. The zero-order valence-electron chi connectivity index (χ0n) is 10.5. The molecule has 0 N–H and O–H groups in total. The van der Waals surface area contributed by atoms with Gasteiger partial charge in [-0.05, 0) is 26.1 Å². The predicted molar refractivity (Wildman–Crippen MR) is 74.3 cm³/mol. The molecular weight excluding hydrogens is 241 g/mol. The molecule has 1 aromatic carbocycles. The minimum atomic E-state index is -0.496. The standard InChI is InChI=1S/C15H16NOP/c1-11-7-8-14-13(15(11)17)9-16-18(14)10-12-5-3-2-4-6-12/h2-6,9,11H,7-8,10H2,1H3. The number of fused-ring (bicyclic) bond motifs is 1. The van der Waals surface area contributed by atoms with Crippen LogP contribution in [0.25, 0.3) is 0 Å². The number of benzene rings is 1. The summed E-state index contributed by atoms with van der Waals surface area (Å²) in [7, 11) is -0.496. The van der Waals surface area contributed by atoms with E-state index < -0.39 is 7.69 Å². The van der Waals surface area contributed by atoms with Gasteiger partial charge in [0, 0.05) is 29.1 Å². The van der Waals surface area contributed by atoms with Crippen molar-refractivity contribution in [2.24, 2.45) is 5.92 Å². The van der Waals surface area contributed by atoms with E-state index in [0.29, 0.717) is 5.78 Å². The maximum Gasteiger partial charge on any atom is 0.167 e. The number of aromatic nitrogens is 1. The van der Waals surface area contributed by atoms with E-state index in [1.54, 1.807) is 0 Å². The number of nitrogens with zero attached hydrogens (tertiary/aromatic N) is 1. The minimum absolute atomic E-state index is 0.182. The third kappa shape index (κ3) is 2.02. The summed E-state index contributed by atoms with van der Waals surface area (Å²) in [4.78, 5) is 12.1. The molecule has 92 valence electrons. The minimum Gasteiger partial charge on any atom is -0.294 e. The fourth-order valence-corrected chi connectivity index (χ4v) is 4.58. The molecule has 0 amide bonds. The number of hydrogen-bond donors (Lipinski definition) is 0. The Bertz CT molecular complexity index is 573. The third-order valence-corrected chi connectivity index (χ3v) is 5.80. The van der Waals surface area contributed by atoms with Crippen molar-refractivity contribution in [3.05, 3.63) is 53.0 Å². The van der Waals surface area contributed by atoms with E-state index >= 15 is 0 Å². The summed E-state index contributed by atoms with van der Waals surface area (Å²) < 4.78 is 4.61. The first kappa shape index (κ1) is 11.7. The SMILES string of the molecule is CC1CCc2c(cnp2Cc2ccccc2)C1=O. The van der Waals surface area contributed by atoms with Crippen LogP contribution in [0.3, 0.4) is 0 Å². The first-order chi connectivity index (χ1) is 8.75. The van der Waals surface area contributed by atoms with E-state index in [-0.39, 0.29) is 5.92 Å². The normalized spacial score (nSPS) is 19.7.